The fourth-order valence-electron chi connectivity index (χ4n) is 3.56. The number of amides is 1. The Morgan fingerprint density at radius 2 is 2.31 bits per heavy atom. The summed E-state index contributed by atoms with van der Waals surface area (Å²) in [6.45, 7) is 2.85. The van der Waals surface area contributed by atoms with Crippen molar-refractivity contribution in [2.75, 3.05) is 38.3 Å². The summed E-state index contributed by atoms with van der Waals surface area (Å²) < 4.78 is 11.1. The van der Waals surface area contributed by atoms with Crippen LogP contribution in [0.3, 0.4) is 0 Å². The van der Waals surface area contributed by atoms with Gasteiger partial charge in [0.1, 0.15) is 12.1 Å². The molecule has 0 bridgehead atoms. The van der Waals surface area contributed by atoms with E-state index in [0.717, 1.165) is 18.9 Å². The summed E-state index contributed by atoms with van der Waals surface area (Å²) >= 11 is 0. The monoisotopic (exact) mass is 356 g/mol. The van der Waals surface area contributed by atoms with Crippen molar-refractivity contribution >= 4 is 11.7 Å². The molecule has 2 fully saturated rings. The number of nitrogens with one attached hydrogen (secondary N) is 1. The van der Waals surface area contributed by atoms with Crippen LogP contribution in [0.4, 0.5) is 5.82 Å². The van der Waals surface area contributed by atoms with E-state index < -0.39 is 0 Å². The van der Waals surface area contributed by atoms with Crippen LogP contribution in [0, 0.1) is 11.8 Å². The lowest BCUT2D eigenvalue weighted by Gasteiger charge is -2.21. The lowest BCUT2D eigenvalue weighted by atomic mass is 9.93. The summed E-state index contributed by atoms with van der Waals surface area (Å²) in [4.78, 5) is 22.7. The Labute approximate surface area is 150 Å². The Kier molecular flexibility index (Phi) is 4.61. The summed E-state index contributed by atoms with van der Waals surface area (Å²) in [5.74, 6) is 1.86. The molecule has 1 amide bonds. The number of carbonyl (C=O) groups excluding carboxylic acids is 1. The molecule has 136 valence electrons. The van der Waals surface area contributed by atoms with Crippen LogP contribution in [0.1, 0.15) is 10.4 Å². The van der Waals surface area contributed by atoms with Gasteiger partial charge in [0, 0.05) is 37.5 Å². The highest BCUT2D eigenvalue weighted by Crippen LogP contribution is 2.35. The van der Waals surface area contributed by atoms with Gasteiger partial charge in [0.15, 0.2) is 0 Å². The van der Waals surface area contributed by atoms with Gasteiger partial charge in [-0.05, 0) is 6.07 Å². The summed E-state index contributed by atoms with van der Waals surface area (Å²) in [7, 11) is 1.59. The number of hydrogen-bond donors (Lipinski definition) is 1. The molecule has 3 atom stereocenters. The molecule has 0 spiro atoms. The predicted molar refractivity (Wildman–Crippen MR) is 91.9 cm³/mol. The minimum atomic E-state index is -0.140. The number of carbonyl (C=O) groups is 1. The van der Waals surface area contributed by atoms with E-state index >= 15 is 0 Å². The standard InChI is InChI=1S/C17H20N6O3/c1-25-16-4-15(19-10-20-16)23-7-13-12(9-26-14(13)8-23)5-18-17(24)11-2-3-21-22-6-11/h2-4,6,10,12-14H,5,7-9H2,1H3,(H,18,24)/t12-,13-,14-/m1/s1. The fourth-order valence-corrected chi connectivity index (χ4v) is 3.56. The molecule has 9 nitrogen and oxygen atoms in total. The molecule has 4 rings (SSSR count). The molecule has 2 aromatic rings. The van der Waals surface area contributed by atoms with E-state index in [2.05, 4.69) is 30.4 Å². The highest BCUT2D eigenvalue weighted by atomic mass is 16.5. The van der Waals surface area contributed by atoms with Crippen LogP contribution < -0.4 is 15.0 Å². The van der Waals surface area contributed by atoms with Gasteiger partial charge in [-0.3, -0.25) is 4.79 Å². The summed E-state index contributed by atoms with van der Waals surface area (Å²) in [6, 6.07) is 3.48. The van der Waals surface area contributed by atoms with Crippen LogP contribution in [0.5, 0.6) is 5.88 Å². The van der Waals surface area contributed by atoms with Gasteiger partial charge < -0.3 is 19.7 Å². The second kappa shape index (κ2) is 7.20. The van der Waals surface area contributed by atoms with Crippen LogP contribution in [0.15, 0.2) is 30.9 Å². The number of ether oxygens (including phenoxy) is 2. The minimum absolute atomic E-state index is 0.140. The van der Waals surface area contributed by atoms with Gasteiger partial charge in [0.05, 0.1) is 37.8 Å². The Bertz CT molecular complexity index is 774. The smallest absolute Gasteiger partial charge is 0.252 e. The van der Waals surface area contributed by atoms with Gasteiger partial charge in [-0.2, -0.15) is 10.2 Å². The minimum Gasteiger partial charge on any atom is -0.481 e. The van der Waals surface area contributed by atoms with Gasteiger partial charge in [-0.25, -0.2) is 9.97 Å². The van der Waals surface area contributed by atoms with Gasteiger partial charge in [0.25, 0.3) is 5.91 Å². The SMILES string of the molecule is COc1cc(N2C[C@@H]3[C@H](CNC(=O)c4ccnnc4)CO[C@@H]3C2)ncn1. The molecule has 2 aliphatic heterocycles. The maximum Gasteiger partial charge on any atom is 0.252 e. The first-order valence-corrected chi connectivity index (χ1v) is 8.52. The third-order valence-corrected chi connectivity index (χ3v) is 4.97. The van der Waals surface area contributed by atoms with Crippen molar-refractivity contribution < 1.29 is 14.3 Å². The third kappa shape index (κ3) is 3.30. The van der Waals surface area contributed by atoms with E-state index in [4.69, 9.17) is 9.47 Å². The lowest BCUT2D eigenvalue weighted by molar-refractivity contribution is 0.0939. The first-order chi connectivity index (χ1) is 12.7. The summed E-state index contributed by atoms with van der Waals surface area (Å²) in [6.07, 6.45) is 4.63. The summed E-state index contributed by atoms with van der Waals surface area (Å²) in [5.41, 5.74) is 0.511. The number of nitrogens with zero attached hydrogens (tertiary/aromatic N) is 5. The Hall–Kier alpha value is -2.81. The maximum atomic E-state index is 12.2. The number of methoxy groups -OCH3 is 1. The first kappa shape index (κ1) is 16.6. The van der Waals surface area contributed by atoms with Gasteiger partial charge in [-0.1, -0.05) is 0 Å². The van der Waals surface area contributed by atoms with E-state index in [1.54, 1.807) is 13.2 Å². The van der Waals surface area contributed by atoms with Crippen LogP contribution >= 0.6 is 0 Å². The molecular formula is C17H20N6O3. The van der Waals surface area contributed by atoms with Crippen molar-refractivity contribution in [3.05, 3.63) is 36.4 Å². The molecule has 0 radical (unpaired) electrons. The fraction of sp³-hybridized carbons (Fsp3) is 0.471. The molecule has 9 heteroatoms. The normalized spacial score (nSPS) is 24.3. The van der Waals surface area contributed by atoms with E-state index in [1.807, 2.05) is 6.07 Å². The van der Waals surface area contributed by atoms with Crippen molar-refractivity contribution in [2.24, 2.45) is 11.8 Å². The van der Waals surface area contributed by atoms with E-state index in [9.17, 15) is 4.79 Å². The number of rotatable bonds is 5. The van der Waals surface area contributed by atoms with Crippen molar-refractivity contribution in [1.29, 1.82) is 0 Å². The molecule has 2 aliphatic rings. The second-order valence-electron chi connectivity index (χ2n) is 6.46. The average Bonchev–Trinajstić information content (AvgIpc) is 3.28. The second-order valence-corrected chi connectivity index (χ2v) is 6.46. The first-order valence-electron chi connectivity index (χ1n) is 8.52. The zero-order valence-electron chi connectivity index (χ0n) is 14.4. The lowest BCUT2D eigenvalue weighted by Crippen LogP contribution is -2.34. The molecule has 4 heterocycles. The number of aromatic nitrogens is 4. The van der Waals surface area contributed by atoms with Crippen molar-refractivity contribution in [3.63, 3.8) is 0 Å². The Morgan fingerprint density at radius 1 is 1.38 bits per heavy atom. The number of fused-ring (bicyclic) bond motifs is 1. The number of hydrogen-bond acceptors (Lipinski definition) is 8. The van der Waals surface area contributed by atoms with Crippen LogP contribution in [-0.2, 0) is 4.74 Å². The van der Waals surface area contributed by atoms with E-state index in [1.165, 1.54) is 18.7 Å². The largest absolute Gasteiger partial charge is 0.481 e. The molecular weight excluding hydrogens is 336 g/mol. The van der Waals surface area contributed by atoms with E-state index in [0.29, 0.717) is 30.5 Å². The quantitative estimate of drug-likeness (QED) is 0.808. The molecule has 26 heavy (non-hydrogen) atoms. The Morgan fingerprint density at radius 3 is 3.12 bits per heavy atom. The maximum absolute atomic E-state index is 12.2. The van der Waals surface area contributed by atoms with Crippen LogP contribution in [0.25, 0.3) is 0 Å². The molecule has 0 aliphatic carbocycles. The van der Waals surface area contributed by atoms with Gasteiger partial charge in [0.2, 0.25) is 5.88 Å². The predicted octanol–water partition coefficient (Wildman–Crippen LogP) is 0.156. The Balaban J connectivity index is 1.36. The zero-order valence-corrected chi connectivity index (χ0v) is 14.4. The molecule has 0 unspecified atom stereocenters. The molecule has 2 saturated heterocycles. The van der Waals surface area contributed by atoms with Gasteiger partial charge >= 0.3 is 0 Å². The van der Waals surface area contributed by atoms with Crippen LogP contribution in [0.2, 0.25) is 0 Å². The van der Waals surface area contributed by atoms with E-state index in [-0.39, 0.29) is 17.9 Å². The van der Waals surface area contributed by atoms with Crippen molar-refractivity contribution in [3.8, 4) is 5.88 Å². The molecule has 1 N–H and O–H groups in total. The highest BCUT2D eigenvalue weighted by Gasteiger charge is 2.44. The topological polar surface area (TPSA) is 102 Å². The average molecular weight is 356 g/mol. The molecule has 2 aromatic heterocycles. The van der Waals surface area contributed by atoms with Gasteiger partial charge in [-0.15, -0.1) is 0 Å². The van der Waals surface area contributed by atoms with Crippen molar-refractivity contribution in [2.45, 2.75) is 6.10 Å². The highest BCUT2D eigenvalue weighted by molar-refractivity contribution is 5.93. The van der Waals surface area contributed by atoms with Crippen LogP contribution in [-0.4, -0.2) is 65.5 Å². The number of anilines is 1. The summed E-state index contributed by atoms with van der Waals surface area (Å²) in [5, 5.41) is 10.4. The zero-order chi connectivity index (χ0) is 17.9. The molecule has 0 saturated carbocycles. The van der Waals surface area contributed by atoms with Crippen molar-refractivity contribution in [1.82, 2.24) is 25.5 Å². The molecule has 0 aromatic carbocycles. The third-order valence-electron chi connectivity index (χ3n) is 4.97.